The normalized spacial score (nSPS) is 11.8. The Bertz CT molecular complexity index is 2760. The molecule has 7 aromatic carbocycles. The Morgan fingerprint density at radius 2 is 0.936 bits per heavy atom. The lowest BCUT2D eigenvalue weighted by Crippen LogP contribution is -1.94. The number of aromatic nitrogens is 2. The smallest absolute Gasteiger partial charge is 0.143 e. The van der Waals surface area contributed by atoms with Gasteiger partial charge in [0.05, 0.1) is 16.6 Å². The van der Waals surface area contributed by atoms with Gasteiger partial charge >= 0.3 is 0 Å². The third-order valence-corrected chi connectivity index (χ3v) is 9.59. The van der Waals surface area contributed by atoms with Gasteiger partial charge in [0.25, 0.3) is 0 Å². The van der Waals surface area contributed by atoms with Gasteiger partial charge in [0.1, 0.15) is 11.2 Å². The molecule has 0 aliphatic carbocycles. The Morgan fingerprint density at radius 1 is 0.362 bits per heavy atom. The molecule has 3 nitrogen and oxygen atoms in total. The van der Waals surface area contributed by atoms with Crippen LogP contribution >= 0.6 is 0 Å². The fourth-order valence-electron chi connectivity index (χ4n) is 7.46. The van der Waals surface area contributed by atoms with Crippen molar-refractivity contribution in [2.75, 3.05) is 0 Å². The topological polar surface area (TPSA) is 23.0 Å². The summed E-state index contributed by atoms with van der Waals surface area (Å²) >= 11 is 0. The monoisotopic (exact) mass is 600 g/mol. The summed E-state index contributed by atoms with van der Waals surface area (Å²) in [6, 6.07) is 58.3. The molecule has 10 rings (SSSR count). The first-order valence-electron chi connectivity index (χ1n) is 16.0. The fourth-order valence-corrected chi connectivity index (χ4v) is 7.46. The van der Waals surface area contributed by atoms with Gasteiger partial charge in [-0.25, -0.2) is 0 Å². The van der Waals surface area contributed by atoms with Crippen LogP contribution in [-0.4, -0.2) is 9.13 Å². The van der Waals surface area contributed by atoms with Crippen molar-refractivity contribution >= 4 is 54.6 Å². The highest BCUT2D eigenvalue weighted by Gasteiger charge is 2.18. The number of para-hydroxylation sites is 4. The standard InChI is InChI=1S/C44H28N2O/c1-3-11-29(12-4-1)33-16-9-18-35-36-19-10-17-34(44(36)47-43(33)35)30-21-23-32(24-22-30)46-40-20-8-7-15-37(40)42-38-27-28-45(31-13-5-2-6-14-31)39(38)25-26-41(42)46/h1-28H. The van der Waals surface area contributed by atoms with Crippen molar-refractivity contribution < 1.29 is 4.42 Å². The molecule has 3 heterocycles. The lowest BCUT2D eigenvalue weighted by atomic mass is 10.00. The predicted octanol–water partition coefficient (Wildman–Crippen LogP) is 12.0. The Hall–Kier alpha value is -6.32. The van der Waals surface area contributed by atoms with Crippen LogP contribution in [-0.2, 0) is 0 Å². The average molecular weight is 601 g/mol. The molecule has 3 heteroatoms. The van der Waals surface area contributed by atoms with Crippen molar-refractivity contribution in [3.8, 4) is 33.6 Å². The Balaban J connectivity index is 1.12. The van der Waals surface area contributed by atoms with E-state index in [2.05, 4.69) is 173 Å². The summed E-state index contributed by atoms with van der Waals surface area (Å²) in [6.45, 7) is 0. The number of hydrogen-bond donors (Lipinski definition) is 0. The quantitative estimate of drug-likeness (QED) is 0.197. The van der Waals surface area contributed by atoms with Crippen LogP contribution < -0.4 is 0 Å². The summed E-state index contributed by atoms with van der Waals surface area (Å²) in [5, 5.41) is 6.05. The van der Waals surface area contributed by atoms with Crippen LogP contribution in [0.5, 0.6) is 0 Å². The zero-order valence-electron chi connectivity index (χ0n) is 25.5. The van der Waals surface area contributed by atoms with Crippen molar-refractivity contribution in [1.82, 2.24) is 9.13 Å². The second-order valence-corrected chi connectivity index (χ2v) is 12.1. The third kappa shape index (κ3) is 3.87. The highest BCUT2D eigenvalue weighted by molar-refractivity contribution is 6.21. The zero-order valence-corrected chi connectivity index (χ0v) is 25.5. The van der Waals surface area contributed by atoms with E-state index in [1.807, 2.05) is 6.07 Å². The first-order valence-corrected chi connectivity index (χ1v) is 16.0. The summed E-state index contributed by atoms with van der Waals surface area (Å²) in [5.74, 6) is 0. The van der Waals surface area contributed by atoms with E-state index in [-0.39, 0.29) is 0 Å². The minimum Gasteiger partial charge on any atom is -0.455 e. The minimum absolute atomic E-state index is 0.917. The predicted molar refractivity (Wildman–Crippen MR) is 196 cm³/mol. The number of rotatable bonds is 4. The number of benzene rings is 7. The summed E-state index contributed by atoms with van der Waals surface area (Å²) in [4.78, 5) is 0. The molecule has 220 valence electrons. The molecule has 0 spiro atoms. The first-order chi connectivity index (χ1) is 23.3. The molecule has 0 saturated heterocycles. The molecular formula is C44H28N2O. The summed E-state index contributed by atoms with van der Waals surface area (Å²) in [6.07, 6.45) is 2.18. The van der Waals surface area contributed by atoms with Gasteiger partial charge in [-0.3, -0.25) is 0 Å². The zero-order chi connectivity index (χ0) is 30.9. The molecule has 0 radical (unpaired) electrons. The third-order valence-electron chi connectivity index (χ3n) is 9.59. The van der Waals surface area contributed by atoms with Gasteiger partial charge < -0.3 is 13.6 Å². The Morgan fingerprint density at radius 3 is 1.66 bits per heavy atom. The molecule has 3 aromatic heterocycles. The maximum atomic E-state index is 6.71. The number of nitrogens with zero attached hydrogens (tertiary/aromatic N) is 2. The number of fused-ring (bicyclic) bond motifs is 8. The van der Waals surface area contributed by atoms with Crippen molar-refractivity contribution in [3.05, 3.63) is 170 Å². The van der Waals surface area contributed by atoms with Crippen LogP contribution in [0.3, 0.4) is 0 Å². The van der Waals surface area contributed by atoms with Crippen LogP contribution in [0.4, 0.5) is 0 Å². The summed E-state index contributed by atoms with van der Waals surface area (Å²) in [7, 11) is 0. The van der Waals surface area contributed by atoms with E-state index in [1.54, 1.807) is 0 Å². The molecule has 10 aromatic rings. The fraction of sp³-hybridized carbons (Fsp3) is 0. The molecular weight excluding hydrogens is 572 g/mol. The Labute approximate surface area is 271 Å². The van der Waals surface area contributed by atoms with Gasteiger partial charge in [0.2, 0.25) is 0 Å². The molecule has 0 atom stereocenters. The van der Waals surface area contributed by atoms with E-state index in [1.165, 1.54) is 32.7 Å². The van der Waals surface area contributed by atoms with E-state index < -0.39 is 0 Å². The van der Waals surface area contributed by atoms with E-state index in [4.69, 9.17) is 4.42 Å². The van der Waals surface area contributed by atoms with Gasteiger partial charge in [0, 0.05) is 55.6 Å². The van der Waals surface area contributed by atoms with Crippen LogP contribution in [0.25, 0.3) is 88.3 Å². The summed E-state index contributed by atoms with van der Waals surface area (Å²) in [5.41, 5.74) is 12.2. The van der Waals surface area contributed by atoms with Crippen molar-refractivity contribution in [2.24, 2.45) is 0 Å². The van der Waals surface area contributed by atoms with Crippen molar-refractivity contribution in [3.63, 3.8) is 0 Å². The SMILES string of the molecule is c1ccc(-c2cccc3c2oc2c(-c4ccc(-n5c6ccccc6c6c7ccn(-c8ccccc8)c7ccc65)cc4)cccc23)cc1. The average Bonchev–Trinajstić information content (AvgIpc) is 3.84. The van der Waals surface area contributed by atoms with E-state index in [0.29, 0.717) is 0 Å². The lowest BCUT2D eigenvalue weighted by molar-refractivity contribution is 0.671. The van der Waals surface area contributed by atoms with E-state index in [0.717, 1.165) is 55.6 Å². The first kappa shape index (κ1) is 26.0. The van der Waals surface area contributed by atoms with Crippen LogP contribution in [0.2, 0.25) is 0 Å². The molecule has 0 saturated carbocycles. The number of furan rings is 1. The molecule has 0 unspecified atom stereocenters. The number of hydrogen-bond acceptors (Lipinski definition) is 1. The van der Waals surface area contributed by atoms with Gasteiger partial charge in [0.15, 0.2) is 0 Å². The van der Waals surface area contributed by atoms with Crippen LogP contribution in [0, 0.1) is 0 Å². The van der Waals surface area contributed by atoms with Gasteiger partial charge in [-0.1, -0.05) is 115 Å². The van der Waals surface area contributed by atoms with Gasteiger partial charge in [-0.05, 0) is 59.7 Å². The lowest BCUT2D eigenvalue weighted by Gasteiger charge is -2.10. The molecule has 0 amide bonds. The van der Waals surface area contributed by atoms with Gasteiger partial charge in [-0.2, -0.15) is 0 Å². The Kier molecular flexibility index (Phi) is 5.57. The summed E-state index contributed by atoms with van der Waals surface area (Å²) < 4.78 is 11.4. The minimum atomic E-state index is 0.917. The van der Waals surface area contributed by atoms with Crippen molar-refractivity contribution in [1.29, 1.82) is 0 Å². The van der Waals surface area contributed by atoms with Crippen LogP contribution in [0.15, 0.2) is 174 Å². The molecule has 0 aliphatic rings. The maximum Gasteiger partial charge on any atom is 0.143 e. The van der Waals surface area contributed by atoms with Crippen molar-refractivity contribution in [2.45, 2.75) is 0 Å². The highest BCUT2D eigenvalue weighted by atomic mass is 16.3. The maximum absolute atomic E-state index is 6.71. The largest absolute Gasteiger partial charge is 0.455 e. The van der Waals surface area contributed by atoms with Crippen LogP contribution in [0.1, 0.15) is 0 Å². The molecule has 0 fully saturated rings. The van der Waals surface area contributed by atoms with Gasteiger partial charge in [-0.15, -0.1) is 0 Å². The molecule has 47 heavy (non-hydrogen) atoms. The molecule has 0 N–H and O–H groups in total. The van der Waals surface area contributed by atoms with E-state index >= 15 is 0 Å². The molecule has 0 bridgehead atoms. The molecule has 0 aliphatic heterocycles. The second kappa shape index (κ2) is 10.1. The second-order valence-electron chi connectivity index (χ2n) is 12.1. The highest BCUT2D eigenvalue weighted by Crippen LogP contribution is 2.41. The van der Waals surface area contributed by atoms with E-state index in [9.17, 15) is 0 Å².